The fourth-order valence-corrected chi connectivity index (χ4v) is 2.67. The molecule has 2 amide bonds. The van der Waals surface area contributed by atoms with Crippen LogP contribution in [-0.4, -0.2) is 35.0 Å². The zero-order valence-electron chi connectivity index (χ0n) is 10.7. The van der Waals surface area contributed by atoms with Crippen molar-refractivity contribution in [3.8, 4) is 0 Å². The number of amides is 2. The van der Waals surface area contributed by atoms with Crippen LogP contribution in [0.1, 0.15) is 30.7 Å². The molecule has 2 fully saturated rings. The zero-order valence-corrected chi connectivity index (χ0v) is 10.7. The molecule has 0 bridgehead atoms. The van der Waals surface area contributed by atoms with E-state index in [-0.39, 0.29) is 36.2 Å². The predicted octanol–water partition coefficient (Wildman–Crippen LogP) is 1.30. The van der Waals surface area contributed by atoms with E-state index in [4.69, 9.17) is 0 Å². The molecular weight excluding hydrogens is 242 g/mol. The number of carbonyl (C=O) groups is 2. The van der Waals surface area contributed by atoms with Gasteiger partial charge in [-0.15, -0.1) is 0 Å². The van der Waals surface area contributed by atoms with Gasteiger partial charge in [0.2, 0.25) is 11.8 Å². The number of hydrogen-bond donors (Lipinski definition) is 1. The summed E-state index contributed by atoms with van der Waals surface area (Å²) in [6, 6.07) is 9.43. The van der Waals surface area contributed by atoms with Crippen LogP contribution in [0.25, 0.3) is 0 Å². The monoisotopic (exact) mass is 259 g/mol. The number of carbonyl (C=O) groups excluding carboxylic acids is 2. The maximum absolute atomic E-state index is 12.4. The van der Waals surface area contributed by atoms with Crippen LogP contribution in [-0.2, 0) is 9.59 Å². The summed E-state index contributed by atoms with van der Waals surface area (Å²) in [4.78, 5) is 25.7. The summed E-state index contributed by atoms with van der Waals surface area (Å²) in [5.41, 5.74) is 0.689. The first-order valence-electron chi connectivity index (χ1n) is 6.65. The molecule has 1 N–H and O–H groups in total. The molecule has 0 aromatic heterocycles. The molecule has 4 nitrogen and oxygen atoms in total. The van der Waals surface area contributed by atoms with Gasteiger partial charge < -0.3 is 5.11 Å². The average molecular weight is 259 g/mol. The van der Waals surface area contributed by atoms with Gasteiger partial charge in [0, 0.05) is 18.4 Å². The van der Waals surface area contributed by atoms with Gasteiger partial charge in [-0.2, -0.15) is 0 Å². The van der Waals surface area contributed by atoms with Crippen molar-refractivity contribution in [3.63, 3.8) is 0 Å². The van der Waals surface area contributed by atoms with Crippen LogP contribution in [0.3, 0.4) is 0 Å². The van der Waals surface area contributed by atoms with E-state index in [0.29, 0.717) is 6.54 Å². The Morgan fingerprint density at radius 3 is 2.47 bits per heavy atom. The minimum atomic E-state index is -0.344. The van der Waals surface area contributed by atoms with E-state index in [9.17, 15) is 14.7 Å². The maximum Gasteiger partial charge on any atom is 0.237 e. The van der Waals surface area contributed by atoms with Crippen molar-refractivity contribution in [1.82, 2.24) is 4.90 Å². The first-order chi connectivity index (χ1) is 9.15. The molecule has 1 heterocycles. The minimum absolute atomic E-state index is 0.0556. The van der Waals surface area contributed by atoms with Crippen molar-refractivity contribution in [1.29, 1.82) is 0 Å². The van der Waals surface area contributed by atoms with Gasteiger partial charge in [0.1, 0.15) is 0 Å². The van der Waals surface area contributed by atoms with E-state index in [1.807, 2.05) is 30.3 Å². The Morgan fingerprint density at radius 2 is 1.89 bits per heavy atom. The Kier molecular flexibility index (Phi) is 2.90. The van der Waals surface area contributed by atoms with Crippen LogP contribution < -0.4 is 0 Å². The third-order valence-electron chi connectivity index (χ3n) is 4.23. The van der Waals surface area contributed by atoms with Crippen molar-refractivity contribution in [2.75, 3.05) is 13.2 Å². The van der Waals surface area contributed by atoms with E-state index >= 15 is 0 Å². The van der Waals surface area contributed by atoms with Crippen LogP contribution in [0.5, 0.6) is 0 Å². The lowest BCUT2D eigenvalue weighted by molar-refractivity contribution is -0.139. The van der Waals surface area contributed by atoms with Gasteiger partial charge in [-0.3, -0.25) is 14.5 Å². The fraction of sp³-hybridized carbons (Fsp3) is 0.467. The molecule has 1 aromatic carbocycles. The lowest BCUT2D eigenvalue weighted by Gasteiger charge is -2.20. The Labute approximate surface area is 112 Å². The Balaban J connectivity index is 1.78. The highest BCUT2D eigenvalue weighted by molar-refractivity contribution is 6.06. The molecule has 1 aromatic rings. The third-order valence-corrected chi connectivity index (χ3v) is 4.23. The second-order valence-corrected chi connectivity index (χ2v) is 5.64. The number of hydrogen-bond acceptors (Lipinski definition) is 3. The number of nitrogens with zero attached hydrogens (tertiary/aromatic N) is 1. The molecule has 0 spiro atoms. The SMILES string of the molecule is O=C1CC(c2ccccc2)C(=O)N1CC1(CO)CC1. The fourth-order valence-electron chi connectivity index (χ4n) is 2.67. The highest BCUT2D eigenvalue weighted by Crippen LogP contribution is 2.47. The minimum Gasteiger partial charge on any atom is -0.396 e. The van der Waals surface area contributed by atoms with Crippen molar-refractivity contribution in [2.24, 2.45) is 5.41 Å². The first kappa shape index (κ1) is 12.4. The van der Waals surface area contributed by atoms with Crippen molar-refractivity contribution < 1.29 is 14.7 Å². The van der Waals surface area contributed by atoms with Gasteiger partial charge >= 0.3 is 0 Å². The van der Waals surface area contributed by atoms with Crippen LogP contribution in [0.4, 0.5) is 0 Å². The molecule has 3 rings (SSSR count). The zero-order chi connectivity index (χ0) is 13.5. The predicted molar refractivity (Wildman–Crippen MR) is 69.3 cm³/mol. The number of aliphatic hydroxyl groups excluding tert-OH is 1. The summed E-state index contributed by atoms with van der Waals surface area (Å²) in [5, 5.41) is 9.32. The van der Waals surface area contributed by atoms with Gasteiger partial charge in [0.15, 0.2) is 0 Å². The van der Waals surface area contributed by atoms with Crippen LogP contribution in [0.2, 0.25) is 0 Å². The van der Waals surface area contributed by atoms with Gasteiger partial charge in [0.25, 0.3) is 0 Å². The number of imide groups is 1. The summed E-state index contributed by atoms with van der Waals surface area (Å²) < 4.78 is 0. The summed E-state index contributed by atoms with van der Waals surface area (Å²) >= 11 is 0. The average Bonchev–Trinajstić information content (AvgIpc) is 3.17. The number of aliphatic hydroxyl groups is 1. The van der Waals surface area contributed by atoms with Crippen molar-refractivity contribution in [2.45, 2.75) is 25.2 Å². The third kappa shape index (κ3) is 2.16. The highest BCUT2D eigenvalue weighted by Gasteiger charge is 2.49. The van der Waals surface area contributed by atoms with E-state index in [2.05, 4.69) is 0 Å². The summed E-state index contributed by atoms with van der Waals surface area (Å²) in [5.74, 6) is -0.572. The van der Waals surface area contributed by atoms with Gasteiger partial charge in [-0.05, 0) is 18.4 Å². The Hall–Kier alpha value is -1.68. The maximum atomic E-state index is 12.4. The van der Waals surface area contributed by atoms with Gasteiger partial charge in [-0.25, -0.2) is 0 Å². The standard InChI is InChI=1S/C15H17NO3/c17-10-15(6-7-15)9-16-13(18)8-12(14(16)19)11-4-2-1-3-5-11/h1-5,12,17H,6-10H2. The normalized spacial score (nSPS) is 24.9. The molecule has 100 valence electrons. The largest absolute Gasteiger partial charge is 0.396 e. The molecular formula is C15H17NO3. The highest BCUT2D eigenvalue weighted by atomic mass is 16.3. The first-order valence-corrected chi connectivity index (χ1v) is 6.65. The van der Waals surface area contributed by atoms with E-state index in [1.54, 1.807) is 0 Å². The quantitative estimate of drug-likeness (QED) is 0.829. The van der Waals surface area contributed by atoms with Gasteiger partial charge in [-0.1, -0.05) is 30.3 Å². The smallest absolute Gasteiger partial charge is 0.237 e. The van der Waals surface area contributed by atoms with E-state index in [0.717, 1.165) is 18.4 Å². The van der Waals surface area contributed by atoms with Crippen LogP contribution >= 0.6 is 0 Å². The molecule has 19 heavy (non-hydrogen) atoms. The summed E-state index contributed by atoms with van der Waals surface area (Å²) in [7, 11) is 0. The topological polar surface area (TPSA) is 57.6 Å². The molecule has 1 unspecified atom stereocenters. The molecule has 0 radical (unpaired) electrons. The number of benzene rings is 1. The van der Waals surface area contributed by atoms with Crippen LogP contribution in [0, 0.1) is 5.41 Å². The lowest BCUT2D eigenvalue weighted by atomic mass is 9.98. The second kappa shape index (κ2) is 4.46. The molecule has 1 saturated heterocycles. The van der Waals surface area contributed by atoms with Crippen molar-refractivity contribution >= 4 is 11.8 Å². The molecule has 1 aliphatic carbocycles. The second-order valence-electron chi connectivity index (χ2n) is 5.64. The van der Waals surface area contributed by atoms with Crippen LogP contribution in [0.15, 0.2) is 30.3 Å². The lowest BCUT2D eigenvalue weighted by Crippen LogP contribution is -2.37. The van der Waals surface area contributed by atoms with E-state index < -0.39 is 0 Å². The molecule has 2 aliphatic rings. The molecule has 1 aliphatic heterocycles. The molecule has 1 atom stereocenters. The van der Waals surface area contributed by atoms with Gasteiger partial charge in [0.05, 0.1) is 12.5 Å². The molecule has 4 heteroatoms. The summed E-state index contributed by atoms with van der Waals surface area (Å²) in [6.07, 6.45) is 2.05. The number of rotatable bonds is 4. The van der Waals surface area contributed by atoms with Crippen molar-refractivity contribution in [3.05, 3.63) is 35.9 Å². The summed E-state index contributed by atoms with van der Waals surface area (Å²) in [6.45, 7) is 0.435. The molecule has 1 saturated carbocycles. The Bertz CT molecular complexity index is 507. The van der Waals surface area contributed by atoms with E-state index in [1.165, 1.54) is 4.90 Å². The number of likely N-dealkylation sites (tertiary alicyclic amines) is 1. The Morgan fingerprint density at radius 1 is 1.21 bits per heavy atom.